The summed E-state index contributed by atoms with van der Waals surface area (Å²) in [5, 5.41) is 13.5. The third-order valence-electron chi connectivity index (χ3n) is 5.25. The Morgan fingerprint density at radius 2 is 1.77 bits per heavy atom. The van der Waals surface area contributed by atoms with Gasteiger partial charge in [0.25, 0.3) is 11.8 Å². The number of anilines is 1. The molecule has 2 aromatic heterocycles. The fourth-order valence-corrected chi connectivity index (χ4v) is 4.35. The number of fused-ring (bicyclic) bond motifs is 1. The maximum absolute atomic E-state index is 13.1. The van der Waals surface area contributed by atoms with Crippen LogP contribution in [0.4, 0.5) is 10.2 Å². The molecule has 150 valence electrons. The summed E-state index contributed by atoms with van der Waals surface area (Å²) in [7, 11) is 0. The van der Waals surface area contributed by atoms with Crippen LogP contribution in [0.15, 0.2) is 60.7 Å². The molecule has 2 amide bonds. The number of rotatable bonds is 5. The molecule has 30 heavy (non-hydrogen) atoms. The van der Waals surface area contributed by atoms with Crippen LogP contribution >= 0.6 is 11.3 Å². The first kappa shape index (κ1) is 18.5. The van der Waals surface area contributed by atoms with Crippen molar-refractivity contribution in [3.05, 3.63) is 82.5 Å². The van der Waals surface area contributed by atoms with Gasteiger partial charge in [-0.05, 0) is 48.7 Å². The number of amides is 2. The van der Waals surface area contributed by atoms with Gasteiger partial charge in [-0.1, -0.05) is 30.3 Å². The van der Waals surface area contributed by atoms with Crippen LogP contribution in [0, 0.1) is 5.82 Å². The summed E-state index contributed by atoms with van der Waals surface area (Å²) < 4.78 is 13.1. The number of H-pyrrole nitrogens is 1. The van der Waals surface area contributed by atoms with Crippen LogP contribution in [-0.4, -0.2) is 22.0 Å². The van der Waals surface area contributed by atoms with E-state index >= 15 is 0 Å². The van der Waals surface area contributed by atoms with Crippen molar-refractivity contribution in [2.24, 2.45) is 0 Å². The SMILES string of the molecule is O=C(Nc1n[nH]c2sc(C(=O)NC3(c4ccccc4)CC3)cc12)c1ccc(F)cc1. The average Bonchev–Trinajstić information content (AvgIpc) is 3.26. The summed E-state index contributed by atoms with van der Waals surface area (Å²) in [5.41, 5.74) is 1.13. The van der Waals surface area contributed by atoms with Crippen molar-refractivity contribution in [1.29, 1.82) is 0 Å². The Balaban J connectivity index is 1.35. The number of thiophene rings is 1. The predicted molar refractivity (Wildman–Crippen MR) is 113 cm³/mol. The summed E-state index contributed by atoms with van der Waals surface area (Å²) in [6.07, 6.45) is 1.82. The van der Waals surface area contributed by atoms with E-state index in [-0.39, 0.29) is 11.4 Å². The Bertz CT molecular complexity index is 1240. The molecule has 1 saturated carbocycles. The molecule has 4 aromatic rings. The van der Waals surface area contributed by atoms with Crippen molar-refractivity contribution in [2.45, 2.75) is 18.4 Å². The maximum atomic E-state index is 13.1. The summed E-state index contributed by atoms with van der Waals surface area (Å²) in [6, 6.07) is 16.9. The molecular formula is C22H17FN4O2S. The molecule has 3 N–H and O–H groups in total. The highest BCUT2D eigenvalue weighted by atomic mass is 32.1. The quantitative estimate of drug-likeness (QED) is 0.446. The zero-order valence-electron chi connectivity index (χ0n) is 15.7. The van der Waals surface area contributed by atoms with Crippen molar-refractivity contribution in [2.75, 3.05) is 5.32 Å². The van der Waals surface area contributed by atoms with Crippen molar-refractivity contribution < 1.29 is 14.0 Å². The van der Waals surface area contributed by atoms with Gasteiger partial charge in [0.2, 0.25) is 0 Å². The minimum atomic E-state index is -0.411. The van der Waals surface area contributed by atoms with Crippen molar-refractivity contribution in [3.63, 3.8) is 0 Å². The first-order valence-corrected chi connectivity index (χ1v) is 10.3. The Labute approximate surface area is 175 Å². The molecule has 0 spiro atoms. The zero-order chi connectivity index (χ0) is 20.7. The van der Waals surface area contributed by atoms with E-state index in [0.717, 1.165) is 18.4 Å². The smallest absolute Gasteiger partial charge is 0.262 e. The Kier molecular flexibility index (Phi) is 4.36. The normalized spacial score (nSPS) is 14.4. The topological polar surface area (TPSA) is 86.9 Å². The third kappa shape index (κ3) is 3.35. The minimum absolute atomic E-state index is 0.151. The van der Waals surface area contributed by atoms with Gasteiger partial charge in [-0.3, -0.25) is 14.7 Å². The number of carbonyl (C=O) groups is 2. The summed E-state index contributed by atoms with van der Waals surface area (Å²) in [6.45, 7) is 0. The molecule has 2 aromatic carbocycles. The van der Waals surface area contributed by atoms with E-state index in [4.69, 9.17) is 0 Å². The lowest BCUT2D eigenvalue weighted by atomic mass is 10.1. The van der Waals surface area contributed by atoms with Crippen LogP contribution in [0.5, 0.6) is 0 Å². The summed E-state index contributed by atoms with van der Waals surface area (Å²) in [4.78, 5) is 26.5. The second-order valence-corrected chi connectivity index (χ2v) is 8.34. The maximum Gasteiger partial charge on any atom is 0.262 e. The van der Waals surface area contributed by atoms with E-state index in [1.807, 2.05) is 30.3 Å². The standard InChI is InChI=1S/C22H17FN4O2S/c23-15-8-6-13(7-9-15)19(28)24-18-16-12-17(30-21(16)27-26-18)20(29)25-22(10-11-22)14-4-2-1-3-5-14/h1-9,12H,10-11H2,(H,25,29)(H2,24,26,27,28). The van der Waals surface area contributed by atoms with E-state index in [0.29, 0.717) is 26.5 Å². The second-order valence-electron chi connectivity index (χ2n) is 7.29. The van der Waals surface area contributed by atoms with Gasteiger partial charge < -0.3 is 10.6 Å². The van der Waals surface area contributed by atoms with Crippen LogP contribution in [-0.2, 0) is 5.54 Å². The van der Waals surface area contributed by atoms with Gasteiger partial charge in [0, 0.05) is 5.56 Å². The van der Waals surface area contributed by atoms with Crippen LogP contribution < -0.4 is 10.6 Å². The highest BCUT2D eigenvalue weighted by molar-refractivity contribution is 7.20. The van der Waals surface area contributed by atoms with Crippen LogP contribution in [0.3, 0.4) is 0 Å². The number of hydrogen-bond donors (Lipinski definition) is 3. The number of aromatic nitrogens is 2. The van der Waals surface area contributed by atoms with E-state index < -0.39 is 11.7 Å². The third-order valence-corrected chi connectivity index (χ3v) is 6.29. The molecule has 0 radical (unpaired) electrons. The molecular weight excluding hydrogens is 403 g/mol. The molecule has 0 atom stereocenters. The summed E-state index contributed by atoms with van der Waals surface area (Å²) >= 11 is 1.28. The highest BCUT2D eigenvalue weighted by Crippen LogP contribution is 2.45. The van der Waals surface area contributed by atoms with Crippen LogP contribution in [0.2, 0.25) is 0 Å². The van der Waals surface area contributed by atoms with Crippen molar-refractivity contribution >= 4 is 39.2 Å². The summed E-state index contributed by atoms with van der Waals surface area (Å²) in [5.74, 6) is -0.631. The molecule has 5 rings (SSSR count). The molecule has 2 heterocycles. The number of halogens is 1. The Hall–Kier alpha value is -3.52. The van der Waals surface area contributed by atoms with Crippen molar-refractivity contribution in [3.8, 4) is 0 Å². The Morgan fingerprint density at radius 3 is 2.47 bits per heavy atom. The van der Waals surface area contributed by atoms with Gasteiger partial charge in [-0.25, -0.2) is 4.39 Å². The number of nitrogens with zero attached hydrogens (tertiary/aromatic N) is 1. The largest absolute Gasteiger partial charge is 0.342 e. The Morgan fingerprint density at radius 1 is 1.03 bits per heavy atom. The lowest BCUT2D eigenvalue weighted by Gasteiger charge is -2.17. The van der Waals surface area contributed by atoms with E-state index in [9.17, 15) is 14.0 Å². The van der Waals surface area contributed by atoms with Gasteiger partial charge in [-0.15, -0.1) is 11.3 Å². The lowest BCUT2D eigenvalue weighted by molar-refractivity contribution is 0.0934. The van der Waals surface area contributed by atoms with Gasteiger partial charge in [0.15, 0.2) is 5.82 Å². The number of hydrogen-bond acceptors (Lipinski definition) is 4. The molecule has 1 aliphatic rings. The average molecular weight is 420 g/mol. The van der Waals surface area contributed by atoms with Gasteiger partial charge in [-0.2, -0.15) is 5.10 Å². The number of benzene rings is 2. The van der Waals surface area contributed by atoms with Gasteiger partial charge in [0.1, 0.15) is 10.6 Å². The zero-order valence-corrected chi connectivity index (χ0v) is 16.6. The molecule has 0 unspecified atom stereocenters. The van der Waals surface area contributed by atoms with Gasteiger partial charge in [0.05, 0.1) is 15.8 Å². The van der Waals surface area contributed by atoms with Crippen LogP contribution in [0.25, 0.3) is 10.2 Å². The van der Waals surface area contributed by atoms with E-state index in [2.05, 4.69) is 20.8 Å². The number of nitrogens with one attached hydrogen (secondary N) is 3. The first-order valence-electron chi connectivity index (χ1n) is 9.47. The number of aromatic amines is 1. The van der Waals surface area contributed by atoms with Gasteiger partial charge >= 0.3 is 0 Å². The molecule has 8 heteroatoms. The number of carbonyl (C=O) groups excluding carboxylic acids is 2. The second kappa shape index (κ2) is 7.07. The lowest BCUT2D eigenvalue weighted by Crippen LogP contribution is -2.34. The van der Waals surface area contributed by atoms with Crippen molar-refractivity contribution in [1.82, 2.24) is 15.5 Å². The molecule has 0 bridgehead atoms. The molecule has 1 aliphatic carbocycles. The van der Waals surface area contributed by atoms with E-state index in [1.54, 1.807) is 6.07 Å². The van der Waals surface area contributed by atoms with E-state index in [1.165, 1.54) is 35.6 Å². The molecule has 0 aliphatic heterocycles. The van der Waals surface area contributed by atoms with Crippen LogP contribution in [0.1, 0.15) is 38.4 Å². The predicted octanol–water partition coefficient (Wildman–Crippen LogP) is 4.43. The minimum Gasteiger partial charge on any atom is -0.342 e. The highest BCUT2D eigenvalue weighted by Gasteiger charge is 2.45. The fourth-order valence-electron chi connectivity index (χ4n) is 3.45. The molecule has 6 nitrogen and oxygen atoms in total. The molecule has 0 saturated heterocycles. The fraction of sp³-hybridized carbons (Fsp3) is 0.136. The monoisotopic (exact) mass is 420 g/mol. The first-order chi connectivity index (χ1) is 14.5. The molecule has 1 fully saturated rings.